The maximum atomic E-state index is 12.6. The van der Waals surface area contributed by atoms with Crippen molar-refractivity contribution < 1.29 is 24.2 Å². The number of rotatable bonds is 9. The van der Waals surface area contributed by atoms with E-state index in [1.807, 2.05) is 42.7 Å². The summed E-state index contributed by atoms with van der Waals surface area (Å²) in [6.07, 6.45) is 1.48. The topological polar surface area (TPSA) is 123 Å². The van der Waals surface area contributed by atoms with Gasteiger partial charge in [0.05, 0.1) is 0 Å². The number of hydrogen-bond acceptors (Lipinski definition) is 6. The van der Waals surface area contributed by atoms with Crippen molar-refractivity contribution in [3.8, 4) is 11.1 Å². The number of anilines is 1. The molecular weight excluding hydrogens is 468 g/mol. The molecule has 9 nitrogen and oxygen atoms in total. The number of carbonyl (C=O) groups excluding carboxylic acids is 2. The molecule has 4 rings (SSSR count). The van der Waals surface area contributed by atoms with Gasteiger partial charge in [-0.2, -0.15) is 16.9 Å². The molecule has 0 spiro atoms. The van der Waals surface area contributed by atoms with Crippen molar-refractivity contribution in [1.29, 1.82) is 0 Å². The Morgan fingerprint density at radius 3 is 2.34 bits per heavy atom. The third-order valence-corrected chi connectivity index (χ3v) is 6.54. The van der Waals surface area contributed by atoms with Crippen molar-refractivity contribution in [3.05, 3.63) is 71.4 Å². The van der Waals surface area contributed by atoms with Gasteiger partial charge in [0, 0.05) is 19.0 Å². The SMILES string of the molecule is CSCC[C@H](NC(=O)c1cc(NC(=O)OCC2c3ccccc3-c3ccccc32)n(C)n1)C(=O)O. The third-order valence-electron chi connectivity index (χ3n) is 5.90. The number of aromatic nitrogens is 2. The molecule has 0 radical (unpaired) electrons. The second-order valence-corrected chi connectivity index (χ2v) is 9.12. The molecule has 2 amide bonds. The van der Waals surface area contributed by atoms with Crippen molar-refractivity contribution >= 4 is 35.5 Å². The zero-order chi connectivity index (χ0) is 24.9. The third kappa shape index (κ3) is 5.32. The molecular formula is C25H26N4O5S. The van der Waals surface area contributed by atoms with Crippen LogP contribution in [0.2, 0.25) is 0 Å². The van der Waals surface area contributed by atoms with E-state index in [0.29, 0.717) is 12.2 Å². The standard InChI is InChI=1S/C25H26N4O5S/c1-29-22(13-21(28-29)23(30)26-20(24(31)32)11-12-35-2)27-25(33)34-14-19-17-9-5-3-7-15(17)16-8-4-6-10-18(16)19/h3-10,13,19-20H,11-12,14H2,1-2H3,(H,26,30)(H,27,33)(H,31,32)/t20-/m0/s1. The van der Waals surface area contributed by atoms with Crippen LogP contribution in [0.25, 0.3) is 11.1 Å². The quantitative estimate of drug-likeness (QED) is 0.414. The van der Waals surface area contributed by atoms with Crippen molar-refractivity contribution in [2.75, 3.05) is 23.9 Å². The molecule has 0 unspecified atom stereocenters. The predicted octanol–water partition coefficient (Wildman–Crippen LogP) is 3.72. The highest BCUT2D eigenvalue weighted by atomic mass is 32.2. The Balaban J connectivity index is 1.39. The van der Waals surface area contributed by atoms with Gasteiger partial charge in [-0.05, 0) is 40.7 Å². The number of benzene rings is 2. The Labute approximate surface area is 206 Å². The van der Waals surface area contributed by atoms with Crippen LogP contribution in [0.4, 0.5) is 10.6 Å². The minimum Gasteiger partial charge on any atom is -0.480 e. The van der Waals surface area contributed by atoms with Gasteiger partial charge < -0.3 is 15.2 Å². The number of thioether (sulfide) groups is 1. The summed E-state index contributed by atoms with van der Waals surface area (Å²) in [5.74, 6) is -0.970. The van der Waals surface area contributed by atoms with Gasteiger partial charge in [-0.25, -0.2) is 9.59 Å². The lowest BCUT2D eigenvalue weighted by atomic mass is 9.98. The molecule has 10 heteroatoms. The van der Waals surface area contributed by atoms with Crippen LogP contribution in [0.3, 0.4) is 0 Å². The molecule has 0 saturated heterocycles. The van der Waals surface area contributed by atoms with E-state index < -0.39 is 24.0 Å². The molecule has 3 aromatic rings. The molecule has 0 aliphatic heterocycles. The van der Waals surface area contributed by atoms with Crippen LogP contribution in [0, 0.1) is 0 Å². The van der Waals surface area contributed by atoms with E-state index in [1.165, 1.54) is 22.5 Å². The second kappa shape index (κ2) is 10.6. The van der Waals surface area contributed by atoms with Crippen LogP contribution in [-0.4, -0.2) is 57.5 Å². The zero-order valence-corrected chi connectivity index (χ0v) is 20.2. The molecule has 0 bridgehead atoms. The van der Waals surface area contributed by atoms with Crippen LogP contribution in [0.15, 0.2) is 54.6 Å². The zero-order valence-electron chi connectivity index (χ0n) is 19.4. The second-order valence-electron chi connectivity index (χ2n) is 8.13. The van der Waals surface area contributed by atoms with Gasteiger partial charge in [0.2, 0.25) is 0 Å². The average Bonchev–Trinajstić information content (AvgIpc) is 3.37. The molecule has 1 aliphatic carbocycles. The molecule has 2 aromatic carbocycles. The van der Waals surface area contributed by atoms with Crippen molar-refractivity contribution in [2.45, 2.75) is 18.4 Å². The summed E-state index contributed by atoms with van der Waals surface area (Å²) >= 11 is 1.49. The monoisotopic (exact) mass is 494 g/mol. The summed E-state index contributed by atoms with van der Waals surface area (Å²) in [5, 5.41) is 18.5. The fourth-order valence-electron chi connectivity index (χ4n) is 4.16. The van der Waals surface area contributed by atoms with Gasteiger partial charge in [0.15, 0.2) is 5.69 Å². The van der Waals surface area contributed by atoms with E-state index in [1.54, 1.807) is 7.05 Å². The lowest BCUT2D eigenvalue weighted by Crippen LogP contribution is -2.41. The number of carboxylic acids is 1. The number of aliphatic carboxylic acids is 1. The van der Waals surface area contributed by atoms with Crippen LogP contribution >= 0.6 is 11.8 Å². The van der Waals surface area contributed by atoms with Crippen molar-refractivity contribution in [2.24, 2.45) is 7.05 Å². The van der Waals surface area contributed by atoms with Gasteiger partial charge in [-0.1, -0.05) is 48.5 Å². The van der Waals surface area contributed by atoms with Crippen LogP contribution in [0.1, 0.15) is 34.0 Å². The predicted molar refractivity (Wildman–Crippen MR) is 134 cm³/mol. The first-order chi connectivity index (χ1) is 16.9. The summed E-state index contributed by atoms with van der Waals surface area (Å²) in [6.45, 7) is 0.154. The number of carboxylic acid groups (broad SMARTS) is 1. The fourth-order valence-corrected chi connectivity index (χ4v) is 4.63. The Hall–Kier alpha value is -3.79. The number of nitrogens with one attached hydrogen (secondary N) is 2. The van der Waals surface area contributed by atoms with E-state index in [9.17, 15) is 19.5 Å². The lowest BCUT2D eigenvalue weighted by Gasteiger charge is -2.14. The highest BCUT2D eigenvalue weighted by Crippen LogP contribution is 2.44. The first kappa shape index (κ1) is 24.3. The lowest BCUT2D eigenvalue weighted by molar-refractivity contribution is -0.139. The van der Waals surface area contributed by atoms with Crippen molar-refractivity contribution in [3.63, 3.8) is 0 Å². The molecule has 0 saturated carbocycles. The van der Waals surface area contributed by atoms with E-state index in [0.717, 1.165) is 22.3 Å². The number of ether oxygens (including phenoxy) is 1. The summed E-state index contributed by atoms with van der Waals surface area (Å²) < 4.78 is 6.86. The number of carbonyl (C=O) groups is 3. The van der Waals surface area contributed by atoms with E-state index in [4.69, 9.17) is 4.74 Å². The molecule has 1 aromatic heterocycles. The minimum absolute atomic E-state index is 0.00292. The molecule has 1 atom stereocenters. The molecule has 182 valence electrons. The largest absolute Gasteiger partial charge is 0.480 e. The number of amides is 2. The van der Waals surface area contributed by atoms with Gasteiger partial charge in [-0.3, -0.25) is 14.8 Å². The Morgan fingerprint density at radius 1 is 1.11 bits per heavy atom. The van der Waals surface area contributed by atoms with Crippen LogP contribution in [0.5, 0.6) is 0 Å². The van der Waals surface area contributed by atoms with Gasteiger partial charge >= 0.3 is 12.1 Å². The molecule has 1 aliphatic rings. The summed E-state index contributed by atoms with van der Waals surface area (Å²) in [5.41, 5.74) is 4.48. The molecule has 3 N–H and O–H groups in total. The average molecular weight is 495 g/mol. The molecule has 1 heterocycles. The van der Waals surface area contributed by atoms with Gasteiger partial charge in [0.25, 0.3) is 5.91 Å². The summed E-state index contributed by atoms with van der Waals surface area (Å²) in [4.78, 5) is 36.5. The first-order valence-corrected chi connectivity index (χ1v) is 12.5. The van der Waals surface area contributed by atoms with Crippen LogP contribution in [-0.2, 0) is 16.6 Å². The fraction of sp³-hybridized carbons (Fsp3) is 0.280. The molecule has 0 fully saturated rings. The van der Waals surface area contributed by atoms with E-state index in [-0.39, 0.29) is 24.0 Å². The van der Waals surface area contributed by atoms with Crippen LogP contribution < -0.4 is 10.6 Å². The normalized spacial score (nSPS) is 13.0. The Bertz CT molecular complexity index is 1210. The maximum absolute atomic E-state index is 12.6. The van der Waals surface area contributed by atoms with E-state index in [2.05, 4.69) is 27.9 Å². The first-order valence-electron chi connectivity index (χ1n) is 11.1. The van der Waals surface area contributed by atoms with Gasteiger partial charge in [-0.15, -0.1) is 0 Å². The number of fused-ring (bicyclic) bond motifs is 3. The minimum atomic E-state index is -1.11. The van der Waals surface area contributed by atoms with Gasteiger partial charge in [0.1, 0.15) is 18.5 Å². The highest BCUT2D eigenvalue weighted by molar-refractivity contribution is 7.98. The van der Waals surface area contributed by atoms with Crippen molar-refractivity contribution in [1.82, 2.24) is 15.1 Å². The summed E-state index contributed by atoms with van der Waals surface area (Å²) in [6, 6.07) is 16.5. The number of aryl methyl sites for hydroxylation is 1. The Kier molecular flexibility index (Phi) is 7.40. The number of nitrogens with zero attached hydrogens (tertiary/aromatic N) is 2. The smallest absolute Gasteiger partial charge is 0.412 e. The Morgan fingerprint density at radius 2 is 1.74 bits per heavy atom. The summed E-state index contributed by atoms with van der Waals surface area (Å²) in [7, 11) is 1.57. The maximum Gasteiger partial charge on any atom is 0.412 e. The molecule has 35 heavy (non-hydrogen) atoms. The highest BCUT2D eigenvalue weighted by Gasteiger charge is 2.29. The number of hydrogen-bond donors (Lipinski definition) is 3. The van der Waals surface area contributed by atoms with E-state index >= 15 is 0 Å².